The van der Waals surface area contributed by atoms with Crippen molar-refractivity contribution >= 4 is 23.2 Å². The van der Waals surface area contributed by atoms with E-state index in [4.69, 9.17) is 4.42 Å². The maximum atomic E-state index is 12.9. The van der Waals surface area contributed by atoms with Crippen LogP contribution in [0.3, 0.4) is 0 Å². The number of quaternary nitrogens is 1. The van der Waals surface area contributed by atoms with Gasteiger partial charge in [0.1, 0.15) is 11.6 Å². The van der Waals surface area contributed by atoms with Gasteiger partial charge in [-0.15, -0.1) is 0 Å². The molecule has 1 aliphatic rings. The lowest BCUT2D eigenvalue weighted by Gasteiger charge is -2.41. The van der Waals surface area contributed by atoms with Gasteiger partial charge in [-0.1, -0.05) is 12.1 Å². The molecule has 0 saturated carbocycles. The van der Waals surface area contributed by atoms with E-state index < -0.39 is 5.54 Å². The molecule has 2 aromatic rings. The number of hydrogen-bond donors (Lipinski definition) is 2. The number of amides is 2. The fourth-order valence-electron chi connectivity index (χ4n) is 2.93. The van der Waals surface area contributed by atoms with Crippen LogP contribution in [0.15, 0.2) is 47.1 Å². The van der Waals surface area contributed by atoms with Crippen LogP contribution in [0.4, 0.5) is 11.4 Å². The normalized spacial score (nSPS) is 17.1. The van der Waals surface area contributed by atoms with Crippen molar-refractivity contribution < 1.29 is 19.3 Å². The van der Waals surface area contributed by atoms with Gasteiger partial charge in [-0.3, -0.25) is 14.5 Å². The van der Waals surface area contributed by atoms with Crippen molar-refractivity contribution in [2.45, 2.75) is 32.4 Å². The lowest BCUT2D eigenvalue weighted by atomic mass is 9.96. The Kier molecular flexibility index (Phi) is 4.15. The Morgan fingerprint density at radius 3 is 2.75 bits per heavy atom. The van der Waals surface area contributed by atoms with Crippen molar-refractivity contribution in [3.8, 4) is 0 Å². The summed E-state index contributed by atoms with van der Waals surface area (Å²) in [6.07, 6.45) is 1.62. The van der Waals surface area contributed by atoms with Crippen LogP contribution in [-0.4, -0.2) is 23.9 Å². The molecule has 0 unspecified atom stereocenters. The van der Waals surface area contributed by atoms with Crippen LogP contribution >= 0.6 is 0 Å². The highest BCUT2D eigenvalue weighted by Gasteiger charge is 2.43. The second-order valence-electron chi connectivity index (χ2n) is 6.50. The number of fused-ring (bicyclic) bond motifs is 1. The van der Waals surface area contributed by atoms with Gasteiger partial charge in [0.2, 0.25) is 5.91 Å². The molecule has 0 saturated heterocycles. The molecule has 1 aromatic heterocycles. The van der Waals surface area contributed by atoms with Gasteiger partial charge in [-0.2, -0.15) is 0 Å². The predicted octanol–water partition coefficient (Wildman–Crippen LogP) is 1.67. The highest BCUT2D eigenvalue weighted by molar-refractivity contribution is 6.14. The number of nitrogens with zero attached hydrogens (tertiary/aromatic N) is 1. The number of carbonyl (C=O) groups excluding carboxylic acids is 2. The summed E-state index contributed by atoms with van der Waals surface area (Å²) in [4.78, 5) is 26.9. The van der Waals surface area contributed by atoms with E-state index in [1.54, 1.807) is 31.1 Å². The number of hydrogen-bond acceptors (Lipinski definition) is 3. The van der Waals surface area contributed by atoms with E-state index in [2.05, 4.69) is 5.32 Å². The van der Waals surface area contributed by atoms with Crippen LogP contribution in [0, 0.1) is 0 Å². The van der Waals surface area contributed by atoms with Gasteiger partial charge in [0.05, 0.1) is 17.6 Å². The summed E-state index contributed by atoms with van der Waals surface area (Å²) in [5.74, 6) is 0.521. The summed E-state index contributed by atoms with van der Waals surface area (Å²) in [5.41, 5.74) is 0.452. The molecule has 1 aromatic carbocycles. The van der Waals surface area contributed by atoms with Crippen LogP contribution < -0.4 is 15.5 Å². The number of rotatable bonds is 4. The minimum atomic E-state index is -0.937. The van der Waals surface area contributed by atoms with Crippen LogP contribution in [-0.2, 0) is 9.59 Å². The van der Waals surface area contributed by atoms with Crippen LogP contribution in [0.5, 0.6) is 0 Å². The molecule has 3 rings (SSSR count). The SMILES string of the molecule is C[C@@H]([NH2+]CC(=O)N1c2ccccc2NC(=O)C1(C)C)c1ccco1. The fourth-order valence-corrected chi connectivity index (χ4v) is 2.93. The van der Waals surface area contributed by atoms with E-state index in [9.17, 15) is 9.59 Å². The minimum Gasteiger partial charge on any atom is -0.463 e. The lowest BCUT2D eigenvalue weighted by Crippen LogP contribution is -2.87. The Labute approximate surface area is 140 Å². The van der Waals surface area contributed by atoms with Crippen molar-refractivity contribution in [3.63, 3.8) is 0 Å². The standard InChI is InChI=1S/C18H21N3O3/c1-12(15-9-6-10-24-15)19-11-16(22)21-14-8-5-4-7-13(14)20-17(23)18(21,2)3/h4-10,12,19H,11H2,1-3H3,(H,20,23)/p+1/t12-/m1/s1. The smallest absolute Gasteiger partial charge is 0.283 e. The number of furan rings is 1. The van der Waals surface area contributed by atoms with Crippen molar-refractivity contribution in [3.05, 3.63) is 48.4 Å². The zero-order valence-electron chi connectivity index (χ0n) is 14.1. The van der Waals surface area contributed by atoms with Gasteiger partial charge >= 0.3 is 0 Å². The summed E-state index contributed by atoms with van der Waals surface area (Å²) >= 11 is 0. The second-order valence-corrected chi connectivity index (χ2v) is 6.50. The number of carbonyl (C=O) groups is 2. The zero-order chi connectivity index (χ0) is 17.3. The molecule has 0 fully saturated rings. The van der Waals surface area contributed by atoms with Gasteiger partial charge in [0, 0.05) is 0 Å². The van der Waals surface area contributed by atoms with Crippen molar-refractivity contribution in [2.24, 2.45) is 0 Å². The summed E-state index contributed by atoms with van der Waals surface area (Å²) in [7, 11) is 0. The molecule has 126 valence electrons. The first-order chi connectivity index (χ1) is 11.4. The first kappa shape index (κ1) is 16.3. The third kappa shape index (κ3) is 2.80. The van der Waals surface area contributed by atoms with E-state index in [0.717, 1.165) is 11.4 Å². The Bertz CT molecular complexity index is 753. The van der Waals surface area contributed by atoms with Crippen molar-refractivity contribution in [1.29, 1.82) is 0 Å². The van der Waals surface area contributed by atoms with E-state index in [1.807, 2.05) is 42.6 Å². The Morgan fingerprint density at radius 2 is 2.04 bits per heavy atom. The fraction of sp³-hybridized carbons (Fsp3) is 0.333. The number of para-hydroxylation sites is 2. The zero-order valence-corrected chi connectivity index (χ0v) is 14.1. The molecule has 3 N–H and O–H groups in total. The van der Waals surface area contributed by atoms with Gasteiger partial charge in [-0.25, -0.2) is 0 Å². The molecule has 0 radical (unpaired) electrons. The molecule has 0 spiro atoms. The largest absolute Gasteiger partial charge is 0.463 e. The van der Waals surface area contributed by atoms with Crippen LogP contribution in [0.1, 0.15) is 32.6 Å². The third-order valence-corrected chi connectivity index (χ3v) is 4.40. The summed E-state index contributed by atoms with van der Waals surface area (Å²) in [5, 5.41) is 4.77. The number of nitrogens with one attached hydrogen (secondary N) is 1. The van der Waals surface area contributed by atoms with E-state index in [1.165, 1.54) is 0 Å². The maximum Gasteiger partial charge on any atom is 0.283 e. The first-order valence-electron chi connectivity index (χ1n) is 8.01. The Morgan fingerprint density at radius 1 is 1.29 bits per heavy atom. The summed E-state index contributed by atoms with van der Waals surface area (Å²) in [6.45, 7) is 5.72. The molecular formula is C18H22N3O3+. The minimum absolute atomic E-state index is 0.0286. The van der Waals surface area contributed by atoms with Gasteiger partial charge in [0.25, 0.3) is 5.91 Å². The summed E-state index contributed by atoms with van der Waals surface area (Å²) < 4.78 is 5.37. The molecule has 0 aliphatic carbocycles. The van der Waals surface area contributed by atoms with Crippen LogP contribution in [0.25, 0.3) is 0 Å². The summed E-state index contributed by atoms with van der Waals surface area (Å²) in [6, 6.07) is 11.1. The molecule has 0 bridgehead atoms. The molecule has 24 heavy (non-hydrogen) atoms. The average molecular weight is 328 g/mol. The maximum absolute atomic E-state index is 12.9. The van der Waals surface area contributed by atoms with Crippen LogP contribution in [0.2, 0.25) is 0 Å². The Hall–Kier alpha value is -2.60. The van der Waals surface area contributed by atoms with Crippen molar-refractivity contribution in [1.82, 2.24) is 0 Å². The molecule has 6 heteroatoms. The van der Waals surface area contributed by atoms with Gasteiger partial charge < -0.3 is 15.1 Å². The Balaban J connectivity index is 1.81. The topological polar surface area (TPSA) is 79.2 Å². The van der Waals surface area contributed by atoms with E-state index in [0.29, 0.717) is 5.69 Å². The molecular weight excluding hydrogens is 306 g/mol. The molecule has 6 nitrogen and oxygen atoms in total. The van der Waals surface area contributed by atoms with Crippen molar-refractivity contribution in [2.75, 3.05) is 16.8 Å². The highest BCUT2D eigenvalue weighted by Crippen LogP contribution is 2.36. The first-order valence-corrected chi connectivity index (χ1v) is 8.01. The lowest BCUT2D eigenvalue weighted by molar-refractivity contribution is -0.684. The highest BCUT2D eigenvalue weighted by atomic mass is 16.3. The molecule has 2 amide bonds. The van der Waals surface area contributed by atoms with E-state index in [-0.39, 0.29) is 24.4 Å². The number of anilines is 2. The average Bonchev–Trinajstić information content (AvgIpc) is 3.08. The predicted molar refractivity (Wildman–Crippen MR) is 90.6 cm³/mol. The number of benzene rings is 1. The second kappa shape index (κ2) is 6.13. The quantitative estimate of drug-likeness (QED) is 0.896. The number of nitrogens with two attached hydrogens (primary N) is 1. The van der Waals surface area contributed by atoms with Gasteiger partial charge in [0.15, 0.2) is 12.3 Å². The van der Waals surface area contributed by atoms with E-state index >= 15 is 0 Å². The monoisotopic (exact) mass is 328 g/mol. The molecule has 2 heterocycles. The third-order valence-electron chi connectivity index (χ3n) is 4.40. The molecule has 1 aliphatic heterocycles. The molecule has 1 atom stereocenters. The van der Waals surface area contributed by atoms with Gasteiger partial charge in [-0.05, 0) is 45.0 Å².